The van der Waals surface area contributed by atoms with Gasteiger partial charge in [0.05, 0.1) is 6.61 Å². The Morgan fingerprint density at radius 2 is 1.73 bits per heavy atom. The lowest BCUT2D eigenvalue weighted by Crippen LogP contribution is -2.40. The van der Waals surface area contributed by atoms with Gasteiger partial charge in [-0.25, -0.2) is 4.79 Å². The maximum absolute atomic E-state index is 12.2. The molecule has 0 fully saturated rings. The van der Waals surface area contributed by atoms with Gasteiger partial charge in [-0.1, -0.05) is 61.0 Å². The van der Waals surface area contributed by atoms with E-state index < -0.39 is 17.1 Å². The summed E-state index contributed by atoms with van der Waals surface area (Å²) in [5.74, 6) is 0.751. The molecule has 41 heavy (non-hydrogen) atoms. The van der Waals surface area contributed by atoms with Crippen LogP contribution in [0, 0.1) is 16.0 Å². The van der Waals surface area contributed by atoms with Crippen molar-refractivity contribution in [1.82, 2.24) is 5.32 Å². The van der Waals surface area contributed by atoms with Crippen LogP contribution in [0.5, 0.6) is 11.5 Å². The fourth-order valence-electron chi connectivity index (χ4n) is 3.76. The third kappa shape index (κ3) is 15.5. The molecule has 2 atom stereocenters. The van der Waals surface area contributed by atoms with Gasteiger partial charge in [-0.3, -0.25) is 4.79 Å². The smallest absolute Gasteiger partial charge is 0.333 e. The highest BCUT2D eigenvalue weighted by Crippen LogP contribution is 2.18. The molecule has 10 heteroatoms. The molecular formula is C31H39ClN2O7. The van der Waals surface area contributed by atoms with Crippen LogP contribution in [0.3, 0.4) is 0 Å². The average molecular weight is 587 g/mol. The van der Waals surface area contributed by atoms with E-state index in [4.69, 9.17) is 21.1 Å². The van der Waals surface area contributed by atoms with E-state index >= 15 is 0 Å². The van der Waals surface area contributed by atoms with Gasteiger partial charge in [0.2, 0.25) is 5.91 Å². The third-order valence-electron chi connectivity index (χ3n) is 5.99. The lowest BCUT2D eigenvalue weighted by molar-refractivity contribution is -0.763. The summed E-state index contributed by atoms with van der Waals surface area (Å²) in [6.07, 6.45) is 14.5. The first-order valence-corrected chi connectivity index (χ1v) is 14.2. The molecule has 0 spiro atoms. The van der Waals surface area contributed by atoms with Crippen LogP contribution < -0.4 is 14.8 Å². The number of nitrogens with zero attached hydrogens (tertiary/aromatic N) is 1. The molecule has 2 aromatic rings. The molecule has 2 unspecified atom stereocenters. The number of hydrogen-bond donors (Lipinski definition) is 1. The van der Waals surface area contributed by atoms with Crippen LogP contribution in [0.2, 0.25) is 5.02 Å². The number of amides is 1. The van der Waals surface area contributed by atoms with E-state index in [-0.39, 0.29) is 18.3 Å². The van der Waals surface area contributed by atoms with Gasteiger partial charge in [0.25, 0.3) is 5.09 Å². The number of esters is 1. The monoisotopic (exact) mass is 586 g/mol. The number of nitrogens with one attached hydrogen (secondary N) is 1. The number of unbranched alkanes of at least 4 members (excludes halogenated alkanes) is 2. The Balaban J connectivity index is 1.50. The number of carbonyl (C=O) groups excluding carboxylic acids is 2. The summed E-state index contributed by atoms with van der Waals surface area (Å²) in [6.45, 7) is 4.20. The van der Waals surface area contributed by atoms with Crippen molar-refractivity contribution in [3.63, 3.8) is 0 Å². The molecule has 0 bridgehead atoms. The Morgan fingerprint density at radius 3 is 2.44 bits per heavy atom. The second kappa shape index (κ2) is 19.3. The van der Waals surface area contributed by atoms with Crippen molar-refractivity contribution >= 4 is 23.5 Å². The highest BCUT2D eigenvalue weighted by Gasteiger charge is 2.17. The summed E-state index contributed by atoms with van der Waals surface area (Å²) in [6, 6.07) is 12.7. The Morgan fingerprint density at radius 1 is 1.00 bits per heavy atom. The molecule has 0 heterocycles. The van der Waals surface area contributed by atoms with Crippen molar-refractivity contribution in [3.8, 4) is 11.5 Å². The maximum Gasteiger partial charge on any atom is 0.333 e. The second-order valence-corrected chi connectivity index (χ2v) is 10.1. The molecule has 0 aliphatic heterocycles. The first-order valence-electron chi connectivity index (χ1n) is 13.8. The highest BCUT2D eigenvalue weighted by molar-refractivity contribution is 6.30. The van der Waals surface area contributed by atoms with Crippen molar-refractivity contribution in [2.75, 3.05) is 6.61 Å². The topological polar surface area (TPSA) is 117 Å². The molecule has 2 rings (SSSR count). The summed E-state index contributed by atoms with van der Waals surface area (Å²) in [5, 5.41) is 12.7. The van der Waals surface area contributed by atoms with Crippen molar-refractivity contribution in [1.29, 1.82) is 0 Å². The minimum absolute atomic E-state index is 0.191. The van der Waals surface area contributed by atoms with Crippen LogP contribution in [0.15, 0.2) is 72.8 Å². The van der Waals surface area contributed by atoms with E-state index in [1.165, 1.54) is 12.1 Å². The quantitative estimate of drug-likeness (QED) is 0.0469. The van der Waals surface area contributed by atoms with Gasteiger partial charge >= 0.3 is 5.97 Å². The fraction of sp³-hybridized carbons (Fsp3) is 0.419. The van der Waals surface area contributed by atoms with Crippen molar-refractivity contribution in [2.24, 2.45) is 5.92 Å². The van der Waals surface area contributed by atoms with E-state index in [1.807, 2.05) is 24.3 Å². The van der Waals surface area contributed by atoms with Crippen molar-refractivity contribution in [2.45, 2.75) is 71.4 Å². The molecule has 0 saturated heterocycles. The Hall–Kier alpha value is -3.85. The van der Waals surface area contributed by atoms with E-state index in [2.05, 4.69) is 41.4 Å². The number of halogens is 1. The summed E-state index contributed by atoms with van der Waals surface area (Å²) in [4.78, 5) is 39.0. The van der Waals surface area contributed by atoms with Gasteiger partial charge in [0.15, 0.2) is 0 Å². The van der Waals surface area contributed by atoms with Crippen LogP contribution in [0.1, 0.15) is 64.4 Å². The predicted octanol–water partition coefficient (Wildman–Crippen LogP) is 7.02. The molecule has 0 saturated carbocycles. The second-order valence-electron chi connectivity index (χ2n) is 9.65. The maximum atomic E-state index is 12.2. The molecule has 0 aliphatic carbocycles. The van der Waals surface area contributed by atoms with Crippen molar-refractivity contribution in [3.05, 3.63) is 93.5 Å². The van der Waals surface area contributed by atoms with Gasteiger partial charge in [0, 0.05) is 11.4 Å². The summed E-state index contributed by atoms with van der Waals surface area (Å²) < 4.78 is 10.9. The number of ether oxygens (including phenoxy) is 2. The molecular weight excluding hydrogens is 548 g/mol. The zero-order valence-corrected chi connectivity index (χ0v) is 24.4. The number of hydrogen-bond acceptors (Lipinski definition) is 7. The van der Waals surface area contributed by atoms with E-state index in [9.17, 15) is 19.7 Å². The van der Waals surface area contributed by atoms with Crippen LogP contribution in [0.4, 0.5) is 0 Å². The summed E-state index contributed by atoms with van der Waals surface area (Å²) in [5.41, 5.74) is 0.562. The van der Waals surface area contributed by atoms with E-state index in [1.54, 1.807) is 19.1 Å². The lowest BCUT2D eigenvalue weighted by Gasteiger charge is -2.13. The SMILES string of the molecule is CC(/C=C/CCOc1cccc(Cl)c1)CCCC=CCCCC(=O)NC(C)C(=O)Oc1ccc(CO[N+](=O)[O-])cc1. The predicted molar refractivity (Wildman–Crippen MR) is 158 cm³/mol. The Labute approximate surface area is 246 Å². The fourth-order valence-corrected chi connectivity index (χ4v) is 3.94. The van der Waals surface area contributed by atoms with Crippen LogP contribution in [0.25, 0.3) is 0 Å². The zero-order valence-electron chi connectivity index (χ0n) is 23.6. The molecule has 2 aromatic carbocycles. The van der Waals surface area contributed by atoms with E-state index in [0.717, 1.165) is 37.9 Å². The van der Waals surface area contributed by atoms with Crippen molar-refractivity contribution < 1.29 is 29.0 Å². The molecule has 0 aliphatic rings. The molecule has 0 aromatic heterocycles. The molecule has 1 N–H and O–H groups in total. The first-order chi connectivity index (χ1) is 19.7. The Kier molecular flexibility index (Phi) is 15.7. The standard InChI is InChI=1S/C31H39ClN2O7/c1-24(13-9-10-21-39-29-15-11-14-27(32)22-29)12-7-5-3-4-6-8-16-30(35)33-25(2)31(36)41-28-19-17-26(18-20-28)23-40-34(37)38/h3-4,9,11,13-15,17-20,22,24-25H,5-8,10,12,16,21,23H2,1-2H3,(H,33,35)/b4-3?,13-9+. The largest absolute Gasteiger partial charge is 0.493 e. The van der Waals surface area contributed by atoms with E-state index in [0.29, 0.717) is 36.0 Å². The number of rotatable bonds is 19. The molecule has 0 radical (unpaired) electrons. The molecule has 9 nitrogen and oxygen atoms in total. The third-order valence-corrected chi connectivity index (χ3v) is 6.23. The number of carbonyl (C=O) groups is 2. The van der Waals surface area contributed by atoms with Crippen LogP contribution in [-0.4, -0.2) is 29.6 Å². The van der Waals surface area contributed by atoms with Gasteiger partial charge in [-0.05, 0) is 87.3 Å². The zero-order chi connectivity index (χ0) is 29.9. The van der Waals surface area contributed by atoms with Gasteiger partial charge in [0.1, 0.15) is 24.1 Å². The normalized spacial score (nSPS) is 12.7. The average Bonchev–Trinajstić information content (AvgIpc) is 2.93. The summed E-state index contributed by atoms with van der Waals surface area (Å²) in [7, 11) is 0. The lowest BCUT2D eigenvalue weighted by atomic mass is 10.0. The minimum Gasteiger partial charge on any atom is -0.493 e. The van der Waals surface area contributed by atoms with Gasteiger partial charge < -0.3 is 19.6 Å². The summed E-state index contributed by atoms with van der Waals surface area (Å²) >= 11 is 5.95. The molecule has 222 valence electrons. The Bertz CT molecular complexity index is 1150. The van der Waals surface area contributed by atoms with Crippen LogP contribution >= 0.6 is 11.6 Å². The highest BCUT2D eigenvalue weighted by atomic mass is 35.5. The minimum atomic E-state index is -0.874. The van der Waals surface area contributed by atoms with Gasteiger partial charge in [-0.2, -0.15) is 0 Å². The van der Waals surface area contributed by atoms with Gasteiger partial charge in [-0.15, -0.1) is 10.1 Å². The number of allylic oxidation sites excluding steroid dienone is 3. The molecule has 1 amide bonds. The number of benzene rings is 2. The van der Waals surface area contributed by atoms with Crippen LogP contribution in [-0.2, 0) is 21.0 Å². The first kappa shape index (κ1) is 33.4.